The van der Waals surface area contributed by atoms with Crippen LogP contribution in [-0.2, 0) is 9.73 Å². The van der Waals surface area contributed by atoms with Crippen LogP contribution in [0.4, 0.5) is 5.82 Å². The summed E-state index contributed by atoms with van der Waals surface area (Å²) in [4.78, 5) is 4.98. The topological polar surface area (TPSA) is 71.0 Å². The second kappa shape index (κ2) is 7.17. The minimum atomic E-state index is -2.38. The first-order valence-electron chi connectivity index (χ1n) is 10.3. The maximum Gasteiger partial charge on any atom is 0.169 e. The molecule has 0 amide bonds. The Labute approximate surface area is 181 Å². The number of nitrogens with one attached hydrogen (secondary N) is 1. The monoisotopic (exact) mass is 428 g/mol. The van der Waals surface area contributed by atoms with Crippen molar-refractivity contribution in [3.8, 4) is 11.1 Å². The third-order valence-electron chi connectivity index (χ3n) is 5.48. The predicted octanol–water partition coefficient (Wildman–Crippen LogP) is 6.41. The lowest BCUT2D eigenvalue weighted by Crippen LogP contribution is -2.01. The summed E-state index contributed by atoms with van der Waals surface area (Å²) in [7, 11) is -2.38. The van der Waals surface area contributed by atoms with Crippen LogP contribution < -0.4 is 0 Å². The van der Waals surface area contributed by atoms with E-state index in [1.807, 2.05) is 12.3 Å². The molecule has 0 aliphatic carbocycles. The third-order valence-corrected chi connectivity index (χ3v) is 6.10. The van der Waals surface area contributed by atoms with Gasteiger partial charge in [-0.25, -0.2) is 9.19 Å². The lowest BCUT2D eigenvalue weighted by atomic mass is 9.89. The Morgan fingerprint density at radius 1 is 0.935 bits per heavy atom. The number of aromatic amines is 1. The Morgan fingerprint density at radius 2 is 1.71 bits per heavy atom. The van der Waals surface area contributed by atoms with Crippen LogP contribution in [0.15, 0.2) is 65.2 Å². The molecule has 0 unspecified atom stereocenters. The molecule has 0 aliphatic heterocycles. The molecule has 0 atom stereocenters. The molecule has 156 valence electrons. The number of fused-ring (bicyclic) bond motifs is 3. The van der Waals surface area contributed by atoms with Crippen molar-refractivity contribution in [2.75, 3.05) is 12.5 Å². The molecule has 5 rings (SSSR count). The van der Waals surface area contributed by atoms with Gasteiger partial charge in [-0.2, -0.15) is 9.46 Å². The van der Waals surface area contributed by atoms with E-state index in [4.69, 9.17) is 4.98 Å². The molecule has 0 aliphatic rings. The summed E-state index contributed by atoms with van der Waals surface area (Å²) in [6.45, 7) is 4.27. The van der Waals surface area contributed by atoms with E-state index in [9.17, 15) is 4.21 Å². The molecule has 6 heteroatoms. The van der Waals surface area contributed by atoms with Crippen LogP contribution >= 0.6 is 0 Å². The Balaban J connectivity index is 2.02. The molecule has 0 radical (unpaired) electrons. The van der Waals surface area contributed by atoms with Gasteiger partial charge < -0.3 is 0 Å². The number of aromatic nitrogens is 3. The molecule has 0 bridgehead atoms. The highest BCUT2D eigenvalue weighted by Gasteiger charge is 2.20. The van der Waals surface area contributed by atoms with E-state index in [1.54, 1.807) is 12.5 Å². The molecule has 0 spiro atoms. The lowest BCUT2D eigenvalue weighted by molar-refractivity contribution is 0.684. The van der Waals surface area contributed by atoms with Crippen LogP contribution in [0.3, 0.4) is 0 Å². The van der Waals surface area contributed by atoms with Crippen molar-refractivity contribution >= 4 is 48.0 Å². The number of H-pyrrole nitrogens is 1. The van der Waals surface area contributed by atoms with Crippen molar-refractivity contribution in [3.63, 3.8) is 0 Å². The minimum absolute atomic E-state index is 0.164. The molecule has 2 aromatic heterocycles. The molecule has 2 heterocycles. The molecule has 5 aromatic rings. The zero-order valence-electron chi connectivity index (χ0n) is 18.0. The first-order valence-corrected chi connectivity index (χ1v) is 12.6. The van der Waals surface area contributed by atoms with Crippen molar-refractivity contribution in [1.82, 2.24) is 15.2 Å². The summed E-state index contributed by atoms with van der Waals surface area (Å²) in [6, 6.07) is 18.9. The van der Waals surface area contributed by atoms with Gasteiger partial charge in [-0.1, -0.05) is 56.3 Å². The van der Waals surface area contributed by atoms with E-state index in [1.165, 1.54) is 10.8 Å². The highest BCUT2D eigenvalue weighted by Crippen LogP contribution is 2.42. The maximum absolute atomic E-state index is 12.6. The number of pyridine rings is 1. The Kier molecular flexibility index (Phi) is 4.55. The molecular weight excluding hydrogens is 404 g/mol. The largest absolute Gasteiger partial charge is 0.278 e. The smallest absolute Gasteiger partial charge is 0.169 e. The van der Waals surface area contributed by atoms with Crippen LogP contribution in [0, 0.1) is 0 Å². The van der Waals surface area contributed by atoms with E-state index in [2.05, 4.69) is 76.9 Å². The fourth-order valence-electron chi connectivity index (χ4n) is 4.17. The van der Waals surface area contributed by atoms with Crippen LogP contribution in [0.5, 0.6) is 0 Å². The van der Waals surface area contributed by atoms with Gasteiger partial charge >= 0.3 is 0 Å². The van der Waals surface area contributed by atoms with Gasteiger partial charge in [-0.15, -0.1) is 0 Å². The Hall–Kier alpha value is -3.25. The first kappa shape index (κ1) is 19.7. The van der Waals surface area contributed by atoms with Gasteiger partial charge in [0.25, 0.3) is 0 Å². The van der Waals surface area contributed by atoms with Gasteiger partial charge in [0.15, 0.2) is 5.82 Å². The number of nitrogens with zero attached hydrogens (tertiary/aromatic N) is 3. The zero-order chi connectivity index (χ0) is 21.8. The highest BCUT2D eigenvalue weighted by molar-refractivity contribution is 7.92. The van der Waals surface area contributed by atoms with Crippen molar-refractivity contribution < 1.29 is 4.21 Å². The predicted molar refractivity (Wildman–Crippen MR) is 131 cm³/mol. The van der Waals surface area contributed by atoms with Gasteiger partial charge in [-0.3, -0.25) is 5.10 Å². The summed E-state index contributed by atoms with van der Waals surface area (Å²) in [5.41, 5.74) is 4.10. The zero-order valence-corrected chi connectivity index (χ0v) is 18.8. The molecule has 31 heavy (non-hydrogen) atoms. The van der Waals surface area contributed by atoms with E-state index < -0.39 is 9.73 Å². The van der Waals surface area contributed by atoms with E-state index >= 15 is 0 Å². The quantitative estimate of drug-likeness (QED) is 0.361. The standard InChI is InChI=1S/C25H24N4OS/c1-15(2)24-23(19-11-7-9-16-8-5-6-10-18(16)19)20-12-17-14-26-28-22(17)13-21(20)25(27-24)29-31(3,4)30/h5-15H,1-4H3,(H,26,28). The molecule has 3 aromatic carbocycles. The fourth-order valence-corrected chi connectivity index (χ4v) is 4.73. The van der Waals surface area contributed by atoms with Crippen molar-refractivity contribution in [2.45, 2.75) is 19.8 Å². The number of benzene rings is 3. The number of rotatable bonds is 3. The highest BCUT2D eigenvalue weighted by atomic mass is 32.2. The summed E-state index contributed by atoms with van der Waals surface area (Å²) in [5.74, 6) is 0.686. The third kappa shape index (κ3) is 3.47. The average molecular weight is 429 g/mol. The van der Waals surface area contributed by atoms with E-state index in [0.29, 0.717) is 5.82 Å². The van der Waals surface area contributed by atoms with Crippen LogP contribution in [-0.4, -0.2) is 31.9 Å². The normalized spacial score (nSPS) is 12.3. The van der Waals surface area contributed by atoms with Crippen LogP contribution in [0.1, 0.15) is 25.5 Å². The fraction of sp³-hybridized carbons (Fsp3) is 0.200. The summed E-state index contributed by atoms with van der Waals surface area (Å²) in [5, 5.41) is 12.6. The van der Waals surface area contributed by atoms with E-state index in [0.717, 1.165) is 38.5 Å². The minimum Gasteiger partial charge on any atom is -0.278 e. The van der Waals surface area contributed by atoms with Gasteiger partial charge in [0.2, 0.25) is 0 Å². The van der Waals surface area contributed by atoms with Crippen LogP contribution in [0.25, 0.3) is 43.6 Å². The molecule has 5 nitrogen and oxygen atoms in total. The summed E-state index contributed by atoms with van der Waals surface area (Å²) >= 11 is 0. The van der Waals surface area contributed by atoms with Gasteiger partial charge in [0, 0.05) is 38.6 Å². The number of hydrogen-bond donors (Lipinski definition) is 1. The molecular formula is C25H24N4OS. The first-order chi connectivity index (χ1) is 14.8. The van der Waals surface area contributed by atoms with Crippen LogP contribution in [0.2, 0.25) is 0 Å². The molecule has 0 saturated carbocycles. The lowest BCUT2D eigenvalue weighted by Gasteiger charge is -2.18. The maximum atomic E-state index is 12.6. The SMILES string of the molecule is CC(C)c1nc(N=S(C)(C)=O)c2cc3[nH]ncc3cc2c1-c1cccc2ccccc12. The second-order valence-corrected chi connectivity index (χ2v) is 11.0. The van der Waals surface area contributed by atoms with Gasteiger partial charge in [0.1, 0.15) is 0 Å². The Morgan fingerprint density at radius 3 is 2.48 bits per heavy atom. The van der Waals surface area contributed by atoms with Crippen molar-refractivity contribution in [1.29, 1.82) is 0 Å². The summed E-state index contributed by atoms with van der Waals surface area (Å²) in [6.07, 6.45) is 5.11. The van der Waals surface area contributed by atoms with Crippen molar-refractivity contribution in [2.24, 2.45) is 4.36 Å². The molecule has 1 N–H and O–H groups in total. The summed E-state index contributed by atoms with van der Waals surface area (Å²) < 4.78 is 17.1. The number of hydrogen-bond acceptors (Lipinski definition) is 4. The second-order valence-electron chi connectivity index (χ2n) is 8.50. The van der Waals surface area contributed by atoms with Gasteiger partial charge in [0.05, 0.1) is 17.4 Å². The average Bonchev–Trinajstić information content (AvgIpc) is 3.18. The molecule has 0 fully saturated rings. The van der Waals surface area contributed by atoms with E-state index in [-0.39, 0.29) is 5.92 Å². The van der Waals surface area contributed by atoms with Gasteiger partial charge in [-0.05, 0) is 39.8 Å². The molecule has 0 saturated heterocycles. The van der Waals surface area contributed by atoms with Crippen molar-refractivity contribution in [3.05, 3.63) is 66.5 Å². The Bertz CT molecular complexity index is 1580.